The molecule has 2 fully saturated rings. The first kappa shape index (κ1) is 53.2. The van der Waals surface area contributed by atoms with Crippen molar-refractivity contribution >= 4 is 34.9 Å². The van der Waals surface area contributed by atoms with Crippen molar-refractivity contribution < 1.29 is 43.3 Å². The average Bonchev–Trinajstić information content (AvgIpc) is 3.41. The standard InChI is InChI=1S/C30H36N4O5.C28H32N4O4/c1-14-8-19-9-21-23(11-31)34-22(27(33(21)6)25(19)30(15(14)2)39-13-38-7)10-20-26(24(34)12-32-18(5)35)29(37)17(4)16(3)28(20)36;1-12-7-17-8-19-21(10-29)32-20(25(31(19)6)23(17)27(35)13(12)2)9-18-24(22(32)11-30-16(5)33)28(36)15(4)14(3)26(18)34/h8,21-24,27H,9-10,12-13H2,1-7H3,(H,32,35);7,19-22,25,35H,8-9,11H2,1-6H3,(H,30,33)/t21-,22?,23-,24-,27-;19-,20?,21-,22-,25-/m00/s1. The number of ketones is 4. The summed E-state index contributed by atoms with van der Waals surface area (Å²) < 4.78 is 11.5. The Morgan fingerprint density at radius 3 is 1.44 bits per heavy atom. The van der Waals surface area contributed by atoms with Crippen LogP contribution >= 0.6 is 0 Å². The number of aryl methyl sites for hydroxylation is 2. The van der Waals surface area contributed by atoms with E-state index in [0.29, 0.717) is 70.3 Å². The fraction of sp³-hybridized carbons (Fsp3) is 0.517. The molecule has 6 aliphatic heterocycles. The van der Waals surface area contributed by atoms with E-state index in [-0.39, 0.29) is 96.8 Å². The Morgan fingerprint density at radius 1 is 0.627 bits per heavy atom. The number of amides is 2. The highest BCUT2D eigenvalue weighted by atomic mass is 16.7. The zero-order valence-electron chi connectivity index (χ0n) is 45.3. The van der Waals surface area contributed by atoms with Gasteiger partial charge in [-0.1, -0.05) is 12.1 Å². The molecule has 2 aromatic carbocycles. The van der Waals surface area contributed by atoms with Gasteiger partial charge in [0.2, 0.25) is 11.8 Å². The molecule has 2 unspecified atom stereocenters. The van der Waals surface area contributed by atoms with Gasteiger partial charge in [-0.3, -0.25) is 48.4 Å². The van der Waals surface area contributed by atoms with Crippen molar-refractivity contribution in [1.82, 2.24) is 30.2 Å². The van der Waals surface area contributed by atoms with E-state index in [2.05, 4.69) is 61.4 Å². The van der Waals surface area contributed by atoms with Gasteiger partial charge in [-0.15, -0.1) is 0 Å². The molecular weight excluding hydrogens is 953 g/mol. The van der Waals surface area contributed by atoms with Crippen LogP contribution in [0.25, 0.3) is 0 Å². The summed E-state index contributed by atoms with van der Waals surface area (Å²) in [5.74, 6) is -0.0753. The first-order valence-electron chi connectivity index (χ1n) is 25.9. The second-order valence-electron chi connectivity index (χ2n) is 21.9. The molecular formula is C58H68N8O9. The fourth-order valence-corrected chi connectivity index (χ4v) is 13.9. The van der Waals surface area contributed by atoms with Gasteiger partial charge in [0.25, 0.3) is 0 Å². The smallest absolute Gasteiger partial charge is 0.216 e. The lowest BCUT2D eigenvalue weighted by molar-refractivity contribution is -0.122. The molecule has 0 aromatic heterocycles. The van der Waals surface area contributed by atoms with E-state index < -0.39 is 24.2 Å². The number of nitrogens with one attached hydrogen (secondary N) is 2. The Bertz CT molecular complexity index is 3130. The highest BCUT2D eigenvalue weighted by Crippen LogP contribution is 2.55. The number of piperazine rings is 2. The molecule has 0 radical (unpaired) electrons. The first-order valence-corrected chi connectivity index (χ1v) is 25.9. The third-order valence-corrected chi connectivity index (χ3v) is 18.2. The number of nitrogens with zero attached hydrogens (tertiary/aromatic N) is 6. The van der Waals surface area contributed by atoms with Crippen molar-refractivity contribution in [2.24, 2.45) is 0 Å². The van der Waals surface area contributed by atoms with Crippen LogP contribution in [0.2, 0.25) is 0 Å². The number of carbonyl (C=O) groups excluding carboxylic acids is 6. The fourth-order valence-electron chi connectivity index (χ4n) is 13.9. The molecule has 2 saturated heterocycles. The summed E-state index contributed by atoms with van der Waals surface area (Å²) in [4.78, 5) is 86.9. The molecule has 6 heterocycles. The van der Waals surface area contributed by atoms with Crippen LogP contribution < -0.4 is 15.4 Å². The van der Waals surface area contributed by atoms with E-state index in [1.54, 1.807) is 34.8 Å². The van der Waals surface area contributed by atoms with Crippen molar-refractivity contribution in [3.05, 3.63) is 101 Å². The van der Waals surface area contributed by atoms with Crippen LogP contribution in [0.5, 0.6) is 11.5 Å². The zero-order valence-corrected chi connectivity index (χ0v) is 45.3. The predicted octanol–water partition coefficient (Wildman–Crippen LogP) is 4.63. The summed E-state index contributed by atoms with van der Waals surface area (Å²) in [5, 5.41) is 38.0. The van der Waals surface area contributed by atoms with E-state index in [4.69, 9.17) is 9.47 Å². The molecule has 75 heavy (non-hydrogen) atoms. The van der Waals surface area contributed by atoms with Crippen molar-refractivity contribution in [1.29, 1.82) is 10.5 Å². The van der Waals surface area contributed by atoms with Crippen LogP contribution in [0.3, 0.4) is 0 Å². The van der Waals surface area contributed by atoms with Gasteiger partial charge < -0.3 is 25.2 Å². The lowest BCUT2D eigenvalue weighted by Crippen LogP contribution is -2.71. The van der Waals surface area contributed by atoms with Crippen molar-refractivity contribution in [2.45, 2.75) is 155 Å². The summed E-state index contributed by atoms with van der Waals surface area (Å²) in [5.41, 5.74) is 11.5. The third kappa shape index (κ3) is 8.21. The lowest BCUT2D eigenvalue weighted by Gasteiger charge is -2.60. The highest BCUT2D eigenvalue weighted by molar-refractivity contribution is 6.26. The minimum atomic E-state index is -0.610. The molecule has 17 heteroatoms. The van der Waals surface area contributed by atoms with Gasteiger partial charge in [-0.2, -0.15) is 10.5 Å². The van der Waals surface area contributed by atoms with Gasteiger partial charge in [0.1, 0.15) is 23.6 Å². The number of benzene rings is 2. The Labute approximate surface area is 438 Å². The molecule has 10 atom stereocenters. The van der Waals surface area contributed by atoms with E-state index in [0.717, 1.165) is 50.3 Å². The number of phenolic OH excluding ortho intramolecular Hbond substituents is 1. The van der Waals surface area contributed by atoms with E-state index >= 15 is 0 Å². The number of phenols is 1. The summed E-state index contributed by atoms with van der Waals surface area (Å²) in [7, 11) is 5.60. The number of methoxy groups -OCH3 is 1. The molecule has 3 N–H and O–H groups in total. The zero-order chi connectivity index (χ0) is 54.5. The Hall–Kier alpha value is -6.60. The van der Waals surface area contributed by atoms with E-state index in [9.17, 15) is 44.4 Å². The van der Waals surface area contributed by atoms with Crippen molar-refractivity contribution in [2.75, 3.05) is 41.1 Å². The van der Waals surface area contributed by atoms with Crippen LogP contribution in [0, 0.1) is 50.4 Å². The molecule has 0 spiro atoms. The first-order chi connectivity index (χ1) is 35.5. The summed E-state index contributed by atoms with van der Waals surface area (Å²) in [6.45, 7) is 17.9. The van der Waals surface area contributed by atoms with Gasteiger partial charge in [0, 0.05) is 114 Å². The van der Waals surface area contributed by atoms with E-state index in [1.807, 2.05) is 34.9 Å². The van der Waals surface area contributed by atoms with Crippen molar-refractivity contribution in [3.8, 4) is 23.6 Å². The number of aromatic hydroxyl groups is 1. The quantitative estimate of drug-likeness (QED) is 0.254. The molecule has 2 amide bonds. The maximum atomic E-state index is 13.7. The Morgan fingerprint density at radius 2 is 1.03 bits per heavy atom. The molecule has 0 saturated carbocycles. The molecule has 394 valence electrons. The maximum absolute atomic E-state index is 13.7. The number of fused-ring (bicyclic) bond motifs is 12. The Kier molecular flexibility index (Phi) is 14.1. The molecule has 4 bridgehead atoms. The molecule has 2 aromatic rings. The average molecular weight is 1020 g/mol. The van der Waals surface area contributed by atoms with Gasteiger partial charge in [0.05, 0.1) is 36.3 Å². The second-order valence-corrected chi connectivity index (χ2v) is 21.9. The Balaban J connectivity index is 0.000000184. The number of hydrogen-bond acceptors (Lipinski definition) is 15. The van der Waals surface area contributed by atoms with Gasteiger partial charge in [-0.05, 0) is 129 Å². The number of allylic oxidation sites excluding steroid dienone is 4. The predicted molar refractivity (Wildman–Crippen MR) is 277 cm³/mol. The molecule has 2 aliphatic carbocycles. The molecule has 8 aliphatic rings. The van der Waals surface area contributed by atoms with Gasteiger partial charge >= 0.3 is 0 Å². The normalized spacial score (nSPS) is 29.2. The van der Waals surface area contributed by atoms with Gasteiger partial charge in [0.15, 0.2) is 29.9 Å². The minimum Gasteiger partial charge on any atom is -0.507 e. The number of carbonyl (C=O) groups is 6. The van der Waals surface area contributed by atoms with E-state index in [1.165, 1.54) is 13.8 Å². The lowest BCUT2D eigenvalue weighted by atomic mass is 9.69. The number of rotatable bonds is 7. The number of ether oxygens (including phenoxy) is 2. The number of Topliss-reactive ketones (excluding diaryl/α,β-unsaturated/α-hetero) is 4. The SMILES string of the molecule is CC(=O)NC[C@H]1C2=C(CC3[C@H]4c5c(cc(C)c(C)c5O)C[C@@H]([C@H](C#N)N31)N4C)C(=O)C(C)=C(C)C2=O.COCOc1c(C)c(C)cc2c1[C@@H]1C3CC4=C(C(=O)C(C)=C(C)C4=O)[C@H](CNC(C)=O)N3[C@@H](C#N)[C@H](C2)N1C. The topological polar surface area (TPSA) is 226 Å². The third-order valence-electron chi connectivity index (χ3n) is 18.2. The monoisotopic (exact) mass is 1020 g/mol. The summed E-state index contributed by atoms with van der Waals surface area (Å²) in [6, 6.07) is 5.63. The largest absolute Gasteiger partial charge is 0.507 e. The summed E-state index contributed by atoms with van der Waals surface area (Å²) in [6.07, 6.45) is 1.85. The van der Waals surface area contributed by atoms with Crippen LogP contribution in [-0.4, -0.2) is 149 Å². The van der Waals surface area contributed by atoms with Crippen LogP contribution in [0.1, 0.15) is 111 Å². The number of likely N-dealkylation sites (N-methyl/N-ethyl adjacent to an activating group) is 2. The number of hydrogen-bond donors (Lipinski definition) is 3. The molecule has 10 rings (SSSR count). The maximum Gasteiger partial charge on any atom is 0.216 e. The summed E-state index contributed by atoms with van der Waals surface area (Å²) >= 11 is 0. The number of nitriles is 2. The second kappa shape index (κ2) is 19.8. The van der Waals surface area contributed by atoms with Gasteiger partial charge in [-0.25, -0.2) is 0 Å². The minimum absolute atomic E-state index is 0.0997. The van der Waals surface area contributed by atoms with Crippen LogP contribution in [0.4, 0.5) is 0 Å². The van der Waals surface area contributed by atoms with Crippen LogP contribution in [0.15, 0.2) is 56.7 Å². The molecule has 17 nitrogen and oxygen atoms in total. The van der Waals surface area contributed by atoms with Crippen molar-refractivity contribution in [3.63, 3.8) is 0 Å². The van der Waals surface area contributed by atoms with Crippen LogP contribution in [-0.2, 0) is 46.3 Å². The highest BCUT2D eigenvalue weighted by Gasteiger charge is 2.59.